The molecule has 9 nitrogen and oxygen atoms in total. The first kappa shape index (κ1) is 14.6. The summed E-state index contributed by atoms with van der Waals surface area (Å²) in [5.41, 5.74) is 3.75. The summed E-state index contributed by atoms with van der Waals surface area (Å²) in [6.07, 6.45) is -3.63. The number of aliphatic hydroxyl groups is 3. The number of ether oxygens (including phenoxy) is 1. The number of hydrogen-bond acceptors (Lipinski definition) is 7. The molecule has 20 heavy (non-hydrogen) atoms. The van der Waals surface area contributed by atoms with E-state index in [0.717, 1.165) is 0 Å². The Morgan fingerprint density at radius 2 is 2.15 bits per heavy atom. The van der Waals surface area contributed by atoms with Gasteiger partial charge in [-0.15, -0.1) is 0 Å². The molecule has 1 amide bonds. The molecule has 1 aromatic heterocycles. The molecule has 0 unspecified atom stereocenters. The molecule has 1 aliphatic rings. The molecule has 1 aromatic rings. The van der Waals surface area contributed by atoms with Gasteiger partial charge in [-0.2, -0.15) is 5.10 Å². The summed E-state index contributed by atoms with van der Waals surface area (Å²) in [6.45, 7) is -0.511. The molecular formula is C11H15N3O6. The number of amides is 1. The van der Waals surface area contributed by atoms with Gasteiger partial charge in [0.25, 0.3) is 5.91 Å². The van der Waals surface area contributed by atoms with E-state index in [4.69, 9.17) is 15.6 Å². The van der Waals surface area contributed by atoms with Crippen molar-refractivity contribution >= 4 is 5.91 Å². The zero-order valence-electron chi connectivity index (χ0n) is 10.6. The van der Waals surface area contributed by atoms with Crippen molar-refractivity contribution in [3.63, 3.8) is 0 Å². The molecule has 1 aliphatic heterocycles. The number of nitrogens with two attached hydrogens (primary N) is 1. The lowest BCUT2D eigenvalue weighted by Crippen LogP contribution is -2.34. The molecule has 0 aromatic carbocycles. The summed E-state index contributed by atoms with van der Waals surface area (Å²) in [5.74, 6) is -1.00. The number of nitrogens with zero attached hydrogens (tertiary/aromatic N) is 2. The van der Waals surface area contributed by atoms with Crippen molar-refractivity contribution in [3.8, 4) is 0 Å². The highest BCUT2D eigenvalue weighted by atomic mass is 16.6. The van der Waals surface area contributed by atoms with Crippen molar-refractivity contribution < 1.29 is 24.9 Å². The van der Waals surface area contributed by atoms with Crippen LogP contribution in [0.1, 0.15) is 22.2 Å². The van der Waals surface area contributed by atoms with E-state index < -0.39 is 48.1 Å². The maximum absolute atomic E-state index is 12.1. The summed E-state index contributed by atoms with van der Waals surface area (Å²) in [5, 5.41) is 32.3. The van der Waals surface area contributed by atoms with Crippen LogP contribution in [0.2, 0.25) is 0 Å². The minimum Gasteiger partial charge on any atom is -0.394 e. The molecule has 0 spiro atoms. The minimum absolute atomic E-state index is 0.0567. The summed E-state index contributed by atoms with van der Waals surface area (Å²) >= 11 is 0. The lowest BCUT2D eigenvalue weighted by Gasteiger charge is -2.15. The Hall–Kier alpha value is -1.81. The molecular weight excluding hydrogens is 270 g/mol. The van der Waals surface area contributed by atoms with Gasteiger partial charge in [0.2, 0.25) is 5.43 Å². The van der Waals surface area contributed by atoms with Gasteiger partial charge in [-0.05, 0) is 0 Å². The van der Waals surface area contributed by atoms with Crippen molar-refractivity contribution in [2.75, 3.05) is 6.61 Å². The molecule has 4 atom stereocenters. The lowest BCUT2D eigenvalue weighted by atomic mass is 10.0. The number of carbonyl (C=O) groups is 1. The highest BCUT2D eigenvalue weighted by Crippen LogP contribution is 2.31. The Morgan fingerprint density at radius 3 is 2.65 bits per heavy atom. The van der Waals surface area contributed by atoms with Crippen molar-refractivity contribution in [3.05, 3.63) is 27.7 Å². The van der Waals surface area contributed by atoms with Crippen molar-refractivity contribution in [2.45, 2.75) is 24.4 Å². The van der Waals surface area contributed by atoms with Crippen LogP contribution in [0, 0.1) is 0 Å². The van der Waals surface area contributed by atoms with E-state index in [1.54, 1.807) is 0 Å². The van der Waals surface area contributed by atoms with Gasteiger partial charge in [-0.1, -0.05) is 0 Å². The van der Waals surface area contributed by atoms with Crippen LogP contribution in [-0.2, 0) is 11.8 Å². The van der Waals surface area contributed by atoms with Crippen LogP contribution in [0.4, 0.5) is 0 Å². The van der Waals surface area contributed by atoms with E-state index in [-0.39, 0.29) is 5.56 Å². The number of aliphatic hydroxyl groups excluding tert-OH is 3. The molecule has 110 valence electrons. The van der Waals surface area contributed by atoms with Crippen LogP contribution in [0.5, 0.6) is 0 Å². The standard InChI is InChI=1S/C11H15N3O6/c1-14-2-4(7(16)6(13-14)11(12)19)10-9(18)8(17)5(3-15)20-10/h2,5,8-10,15,17-18H,3H2,1H3,(H2,12,19)/t5-,8-,9-,10+/m1/s1. The van der Waals surface area contributed by atoms with Crippen molar-refractivity contribution in [2.24, 2.45) is 12.8 Å². The first-order chi connectivity index (χ1) is 9.36. The minimum atomic E-state index is -1.40. The van der Waals surface area contributed by atoms with E-state index >= 15 is 0 Å². The molecule has 0 radical (unpaired) electrons. The van der Waals surface area contributed by atoms with Crippen LogP contribution >= 0.6 is 0 Å². The van der Waals surface area contributed by atoms with Gasteiger partial charge >= 0.3 is 0 Å². The first-order valence-electron chi connectivity index (χ1n) is 5.87. The van der Waals surface area contributed by atoms with Gasteiger partial charge in [0, 0.05) is 13.2 Å². The molecule has 1 fully saturated rings. The number of hydrogen-bond donors (Lipinski definition) is 4. The molecule has 1 saturated heterocycles. The molecule has 2 heterocycles. The van der Waals surface area contributed by atoms with Crippen molar-refractivity contribution in [1.29, 1.82) is 0 Å². The molecule has 0 saturated carbocycles. The second-order valence-electron chi connectivity index (χ2n) is 4.56. The molecule has 0 bridgehead atoms. The number of rotatable bonds is 3. The fourth-order valence-electron chi connectivity index (χ4n) is 2.15. The van der Waals surface area contributed by atoms with E-state index in [0.29, 0.717) is 0 Å². The maximum atomic E-state index is 12.1. The smallest absolute Gasteiger partial charge is 0.273 e. The zero-order chi connectivity index (χ0) is 15.0. The molecule has 5 N–H and O–H groups in total. The van der Waals surface area contributed by atoms with E-state index in [1.165, 1.54) is 17.9 Å². The summed E-state index contributed by atoms with van der Waals surface area (Å²) in [7, 11) is 1.47. The molecule has 9 heteroatoms. The van der Waals surface area contributed by atoms with Crippen LogP contribution in [0.25, 0.3) is 0 Å². The van der Waals surface area contributed by atoms with E-state index in [2.05, 4.69) is 5.10 Å². The van der Waals surface area contributed by atoms with Crippen LogP contribution in [-0.4, -0.2) is 55.9 Å². The third-order valence-electron chi connectivity index (χ3n) is 3.14. The van der Waals surface area contributed by atoms with Crippen molar-refractivity contribution in [1.82, 2.24) is 9.78 Å². The Bertz CT molecular complexity index is 586. The largest absolute Gasteiger partial charge is 0.394 e. The first-order valence-corrected chi connectivity index (χ1v) is 5.87. The van der Waals surface area contributed by atoms with Gasteiger partial charge in [0.1, 0.15) is 24.4 Å². The molecule has 0 aliphatic carbocycles. The van der Waals surface area contributed by atoms with E-state index in [1.807, 2.05) is 0 Å². The normalized spacial score (nSPS) is 29.6. The third-order valence-corrected chi connectivity index (χ3v) is 3.14. The van der Waals surface area contributed by atoms with Crippen LogP contribution in [0.15, 0.2) is 11.0 Å². The Balaban J connectivity index is 2.49. The number of aromatic nitrogens is 2. The second-order valence-corrected chi connectivity index (χ2v) is 4.56. The number of aryl methyl sites for hydroxylation is 1. The number of carbonyl (C=O) groups excluding carboxylic acids is 1. The van der Waals surface area contributed by atoms with Crippen LogP contribution < -0.4 is 11.2 Å². The molecule has 2 rings (SSSR count). The lowest BCUT2D eigenvalue weighted by molar-refractivity contribution is -0.0232. The average molecular weight is 285 g/mol. The van der Waals surface area contributed by atoms with Gasteiger partial charge in [0.05, 0.1) is 12.2 Å². The predicted molar refractivity (Wildman–Crippen MR) is 64.7 cm³/mol. The average Bonchev–Trinajstić information content (AvgIpc) is 2.68. The Kier molecular flexibility index (Phi) is 3.86. The van der Waals surface area contributed by atoms with Gasteiger partial charge in [0.15, 0.2) is 5.69 Å². The monoisotopic (exact) mass is 285 g/mol. The highest BCUT2D eigenvalue weighted by Gasteiger charge is 2.44. The van der Waals surface area contributed by atoms with Crippen LogP contribution in [0.3, 0.4) is 0 Å². The third kappa shape index (κ3) is 2.31. The fraction of sp³-hybridized carbons (Fsp3) is 0.545. The quantitative estimate of drug-likeness (QED) is 0.463. The van der Waals surface area contributed by atoms with E-state index in [9.17, 15) is 19.8 Å². The maximum Gasteiger partial charge on any atom is 0.273 e. The fourth-order valence-corrected chi connectivity index (χ4v) is 2.15. The summed E-state index contributed by atoms with van der Waals surface area (Å²) in [4.78, 5) is 23.2. The summed E-state index contributed by atoms with van der Waals surface area (Å²) < 4.78 is 6.43. The second kappa shape index (κ2) is 5.29. The Morgan fingerprint density at radius 1 is 1.50 bits per heavy atom. The topological polar surface area (TPSA) is 148 Å². The van der Waals surface area contributed by atoms with Gasteiger partial charge in [-0.25, -0.2) is 0 Å². The SMILES string of the molecule is Cn1cc([C@@H]2O[C@H](CO)[C@@H](O)[C@H]2O)c(=O)c(C(N)=O)n1. The predicted octanol–water partition coefficient (Wildman–Crippen LogP) is -2.97. The summed E-state index contributed by atoms with van der Waals surface area (Å²) in [6, 6.07) is 0. The zero-order valence-corrected chi connectivity index (χ0v) is 10.6. The highest BCUT2D eigenvalue weighted by molar-refractivity contribution is 5.90. The Labute approximate surface area is 113 Å². The van der Waals surface area contributed by atoms with Gasteiger partial charge in [-0.3, -0.25) is 14.3 Å². The number of primary amides is 1. The van der Waals surface area contributed by atoms with Gasteiger partial charge < -0.3 is 25.8 Å².